The van der Waals surface area contributed by atoms with Crippen molar-refractivity contribution in [3.05, 3.63) is 29.3 Å². The van der Waals surface area contributed by atoms with Gasteiger partial charge in [0.1, 0.15) is 11.9 Å². The fourth-order valence-electron chi connectivity index (χ4n) is 7.82. The van der Waals surface area contributed by atoms with Gasteiger partial charge in [-0.1, -0.05) is 25.8 Å². The second kappa shape index (κ2) is 11.2. The van der Waals surface area contributed by atoms with Crippen LogP contribution in [0, 0.1) is 23.2 Å². The van der Waals surface area contributed by atoms with Gasteiger partial charge in [-0.15, -0.1) is 0 Å². The van der Waals surface area contributed by atoms with Crippen molar-refractivity contribution in [3.63, 3.8) is 0 Å². The largest absolute Gasteiger partial charge is 0.508 e. The van der Waals surface area contributed by atoms with Crippen LogP contribution < -0.4 is 0 Å². The Hall–Kier alpha value is -1.48. The molecular weight excluding hydrogens is 508 g/mol. The van der Waals surface area contributed by atoms with Crippen LogP contribution in [-0.4, -0.2) is 59.6 Å². The van der Waals surface area contributed by atoms with Crippen LogP contribution in [0.1, 0.15) is 81.8 Å². The van der Waals surface area contributed by atoms with Crippen LogP contribution in [0.4, 0.5) is 26.3 Å². The van der Waals surface area contributed by atoms with E-state index in [2.05, 4.69) is 0 Å². The molecule has 0 unspecified atom stereocenters. The smallest absolute Gasteiger partial charge is 0.453 e. The molecule has 0 radical (unpaired) electrons. The summed E-state index contributed by atoms with van der Waals surface area (Å²) in [7, 11) is 1.73. The first-order valence-corrected chi connectivity index (χ1v) is 14.0. The number of phenolic OH excluding ortho intramolecular Hbond substituents is 1. The first-order valence-electron chi connectivity index (χ1n) is 14.0. The lowest BCUT2D eigenvalue weighted by Gasteiger charge is -2.54. The van der Waals surface area contributed by atoms with Gasteiger partial charge >= 0.3 is 12.1 Å². The van der Waals surface area contributed by atoms with E-state index >= 15 is 4.39 Å². The van der Waals surface area contributed by atoms with Gasteiger partial charge < -0.3 is 15.1 Å². The van der Waals surface area contributed by atoms with E-state index in [0.29, 0.717) is 19.4 Å². The van der Waals surface area contributed by atoms with E-state index < -0.39 is 36.2 Å². The van der Waals surface area contributed by atoms with E-state index in [0.717, 1.165) is 49.7 Å². The third kappa shape index (κ3) is 5.84. The Labute approximate surface area is 221 Å². The van der Waals surface area contributed by atoms with Crippen LogP contribution in [-0.2, 0) is 6.42 Å². The van der Waals surface area contributed by atoms with Crippen LogP contribution in [0.5, 0.6) is 5.75 Å². The molecule has 9 heteroatoms. The fourth-order valence-corrected chi connectivity index (χ4v) is 7.82. The van der Waals surface area contributed by atoms with E-state index in [1.807, 2.05) is 13.0 Å². The molecule has 4 rings (SSSR count). The van der Waals surface area contributed by atoms with Crippen LogP contribution >= 0.6 is 0 Å². The molecule has 0 spiro atoms. The zero-order valence-corrected chi connectivity index (χ0v) is 22.3. The van der Waals surface area contributed by atoms with Crippen LogP contribution in [0.3, 0.4) is 0 Å². The Bertz CT molecular complexity index is 955. The number of hydrogen-bond acceptors (Lipinski definition) is 3. The molecule has 0 amide bonds. The number of nitrogens with zero attached hydrogens (tertiary/aromatic N) is 1. The third-order valence-electron chi connectivity index (χ3n) is 9.84. The quantitative estimate of drug-likeness (QED) is 0.239. The number of fused-ring (bicyclic) bond motifs is 5. The monoisotopic (exact) mass is 549 g/mol. The van der Waals surface area contributed by atoms with Crippen molar-refractivity contribution < 1.29 is 36.6 Å². The van der Waals surface area contributed by atoms with E-state index in [1.165, 1.54) is 0 Å². The van der Waals surface area contributed by atoms with E-state index in [1.54, 1.807) is 24.1 Å². The van der Waals surface area contributed by atoms with E-state index in [9.17, 15) is 32.2 Å². The van der Waals surface area contributed by atoms with Gasteiger partial charge in [-0.2, -0.15) is 22.0 Å². The summed E-state index contributed by atoms with van der Waals surface area (Å²) in [5, 5.41) is 20.8. The van der Waals surface area contributed by atoms with Crippen molar-refractivity contribution in [2.75, 3.05) is 20.1 Å². The van der Waals surface area contributed by atoms with Gasteiger partial charge in [0.05, 0.1) is 6.10 Å². The van der Waals surface area contributed by atoms with Crippen molar-refractivity contribution in [1.82, 2.24) is 4.90 Å². The predicted octanol–water partition coefficient (Wildman–Crippen LogP) is 7.25. The van der Waals surface area contributed by atoms with Crippen molar-refractivity contribution in [2.24, 2.45) is 23.2 Å². The van der Waals surface area contributed by atoms with Gasteiger partial charge in [-0.3, -0.25) is 0 Å². The second-order valence-corrected chi connectivity index (χ2v) is 12.3. The summed E-state index contributed by atoms with van der Waals surface area (Å²) in [6, 6.07) is 5.28. The lowest BCUT2D eigenvalue weighted by atomic mass is 9.51. The minimum Gasteiger partial charge on any atom is -0.508 e. The first-order chi connectivity index (χ1) is 17.7. The number of halogens is 6. The topological polar surface area (TPSA) is 43.7 Å². The molecule has 2 saturated carbocycles. The fraction of sp³-hybridized carbons (Fsp3) is 0.793. The third-order valence-corrected chi connectivity index (χ3v) is 9.84. The van der Waals surface area contributed by atoms with Gasteiger partial charge in [0.25, 0.3) is 0 Å². The Balaban J connectivity index is 1.33. The minimum absolute atomic E-state index is 0.135. The van der Waals surface area contributed by atoms with E-state index in [-0.39, 0.29) is 42.4 Å². The number of aromatic hydroxyl groups is 1. The highest BCUT2D eigenvalue weighted by atomic mass is 19.4. The highest BCUT2D eigenvalue weighted by Crippen LogP contribution is 2.63. The predicted molar refractivity (Wildman–Crippen MR) is 134 cm³/mol. The standard InChI is InChI=1S/C29H41F6NO2/c1-27-17-23(30)26-21-9-8-20(37)16-19(21)15-18(25(26)22(27)10-11-24(27)38)7-4-3-5-13-36(2)14-6-12-28(31,32)29(33,34)35/h8-9,16,18,22-26,37-38H,3-7,10-15,17H2,1-2H3/t18-,22+,23+,24+,25+,26+,27+/m1/s1. The molecule has 0 bridgehead atoms. The normalized spacial score (nSPS) is 33.2. The molecule has 0 aromatic heterocycles. The van der Waals surface area contributed by atoms with Crippen molar-refractivity contribution in [2.45, 2.75) is 101 Å². The molecule has 38 heavy (non-hydrogen) atoms. The summed E-state index contributed by atoms with van der Waals surface area (Å²) < 4.78 is 79.0. The van der Waals surface area contributed by atoms with Crippen molar-refractivity contribution in [1.29, 1.82) is 0 Å². The second-order valence-electron chi connectivity index (χ2n) is 12.3. The number of unbranched alkanes of at least 4 members (excludes halogenated alkanes) is 2. The number of hydrogen-bond donors (Lipinski definition) is 2. The molecule has 3 aliphatic carbocycles. The molecular formula is C29H41F6NO2. The highest BCUT2D eigenvalue weighted by Gasteiger charge is 2.60. The first kappa shape index (κ1) is 29.5. The Morgan fingerprint density at radius 2 is 1.74 bits per heavy atom. The van der Waals surface area contributed by atoms with Gasteiger partial charge in [0.15, 0.2) is 0 Å². The van der Waals surface area contributed by atoms with E-state index in [4.69, 9.17) is 0 Å². The molecule has 1 aromatic rings. The average Bonchev–Trinajstić information content (AvgIpc) is 3.11. The molecule has 0 saturated heterocycles. The van der Waals surface area contributed by atoms with Crippen molar-refractivity contribution >= 4 is 0 Å². The molecule has 0 aliphatic heterocycles. The Morgan fingerprint density at radius 3 is 2.45 bits per heavy atom. The summed E-state index contributed by atoms with van der Waals surface area (Å²) in [5.74, 6) is -4.06. The molecule has 3 nitrogen and oxygen atoms in total. The van der Waals surface area contributed by atoms with Crippen LogP contribution in [0.25, 0.3) is 0 Å². The molecule has 3 aliphatic rings. The van der Waals surface area contributed by atoms with Crippen LogP contribution in [0.2, 0.25) is 0 Å². The SMILES string of the molecule is CN(CCCCC[C@@H]1Cc2cc(O)ccc2[C@@H]2[C@@H]1[C@@H]1CC[C@H](O)[C@@]1(C)C[C@@H]2F)CCCC(F)(F)C(F)(F)F. The number of aliphatic hydroxyl groups excluding tert-OH is 1. The highest BCUT2D eigenvalue weighted by molar-refractivity contribution is 5.41. The molecule has 216 valence electrons. The molecule has 7 atom stereocenters. The Kier molecular flexibility index (Phi) is 8.68. The zero-order chi connectivity index (χ0) is 27.9. The number of phenols is 1. The number of aliphatic hydroxyl groups is 1. The maximum Gasteiger partial charge on any atom is 0.453 e. The zero-order valence-electron chi connectivity index (χ0n) is 22.3. The average molecular weight is 550 g/mol. The summed E-state index contributed by atoms with van der Waals surface area (Å²) in [4.78, 5) is 1.79. The minimum atomic E-state index is -5.50. The summed E-state index contributed by atoms with van der Waals surface area (Å²) >= 11 is 0. The molecule has 2 N–H and O–H groups in total. The Morgan fingerprint density at radius 1 is 1.03 bits per heavy atom. The molecule has 1 aromatic carbocycles. The van der Waals surface area contributed by atoms with Crippen molar-refractivity contribution in [3.8, 4) is 5.75 Å². The maximum absolute atomic E-state index is 15.8. The molecule has 0 heterocycles. The number of benzene rings is 1. The lowest BCUT2D eigenvalue weighted by Crippen LogP contribution is -2.51. The van der Waals surface area contributed by atoms with Gasteiger partial charge in [0.2, 0.25) is 0 Å². The summed E-state index contributed by atoms with van der Waals surface area (Å²) in [6.07, 6.45) is -2.25. The number of alkyl halides is 6. The van der Waals surface area contributed by atoms with Gasteiger partial charge in [0, 0.05) is 12.3 Å². The van der Waals surface area contributed by atoms with Gasteiger partial charge in [-0.25, -0.2) is 4.39 Å². The van der Waals surface area contributed by atoms with Crippen LogP contribution in [0.15, 0.2) is 18.2 Å². The summed E-state index contributed by atoms with van der Waals surface area (Å²) in [6.45, 7) is 2.84. The van der Waals surface area contributed by atoms with Gasteiger partial charge in [-0.05, 0) is 112 Å². The summed E-state index contributed by atoms with van der Waals surface area (Å²) in [5.41, 5.74) is 1.59. The number of rotatable bonds is 10. The molecule has 2 fully saturated rings. The maximum atomic E-state index is 15.8. The lowest BCUT2D eigenvalue weighted by molar-refractivity contribution is -0.284.